The molecule has 1 aliphatic heterocycles. The van der Waals surface area contributed by atoms with E-state index in [2.05, 4.69) is 0 Å². The Balaban J connectivity index is 2.12. The predicted molar refractivity (Wildman–Crippen MR) is 53.4 cm³/mol. The van der Waals surface area contributed by atoms with Crippen LogP contribution in [0.25, 0.3) is 0 Å². The molecule has 1 heterocycles. The number of carbonyl (C=O) groups is 1. The number of Topliss-reactive ketones (excluding diaryl/α,β-unsaturated/α-hetero) is 1. The summed E-state index contributed by atoms with van der Waals surface area (Å²) in [5.74, 6) is -1.88. The highest BCUT2D eigenvalue weighted by Gasteiger charge is 2.80. The summed E-state index contributed by atoms with van der Waals surface area (Å²) in [4.78, 5) is 12.3. The summed E-state index contributed by atoms with van der Waals surface area (Å²) < 4.78 is 31.6. The number of hydrogen-bond acceptors (Lipinski definition) is 5. The van der Waals surface area contributed by atoms with Gasteiger partial charge in [0.1, 0.15) is 0 Å². The average Bonchev–Trinajstić information content (AvgIpc) is 2.38. The van der Waals surface area contributed by atoms with Crippen LogP contribution in [0.1, 0.15) is 33.6 Å². The molecule has 0 aromatic rings. The average molecular weight is 246 g/mol. The zero-order chi connectivity index (χ0) is 12.0. The maximum atomic E-state index is 12.3. The molecule has 16 heavy (non-hydrogen) atoms. The smallest absolute Gasteiger partial charge is 0.293 e. The van der Waals surface area contributed by atoms with Gasteiger partial charge in [-0.2, -0.15) is 8.42 Å². The van der Waals surface area contributed by atoms with Crippen LogP contribution in [0, 0.1) is 16.7 Å². The normalized spacial score (nSPS) is 45.9. The Labute approximate surface area is 94.4 Å². The molecule has 2 saturated carbocycles. The van der Waals surface area contributed by atoms with Crippen LogP contribution in [-0.4, -0.2) is 20.0 Å². The lowest BCUT2D eigenvalue weighted by Crippen LogP contribution is -2.60. The third-order valence-electron chi connectivity index (χ3n) is 4.95. The molecule has 2 bridgehead atoms. The molecule has 5 nitrogen and oxygen atoms in total. The Kier molecular flexibility index (Phi) is 1.58. The third-order valence-corrected chi connectivity index (χ3v) is 5.86. The highest BCUT2D eigenvalue weighted by molar-refractivity contribution is 7.83. The molecule has 6 heteroatoms. The molecule has 3 aliphatic rings. The van der Waals surface area contributed by atoms with Crippen LogP contribution in [0.2, 0.25) is 0 Å². The number of ketones is 1. The lowest BCUT2D eigenvalue weighted by Gasteiger charge is -2.41. The van der Waals surface area contributed by atoms with Crippen molar-refractivity contribution in [2.75, 3.05) is 0 Å². The minimum atomic E-state index is -3.93. The minimum Gasteiger partial charge on any atom is -0.293 e. The molecule has 90 valence electrons. The van der Waals surface area contributed by atoms with Crippen molar-refractivity contribution in [1.29, 1.82) is 0 Å². The molecule has 2 aliphatic carbocycles. The number of carbonyl (C=O) groups excluding carboxylic acids is 1. The van der Waals surface area contributed by atoms with Gasteiger partial charge in [-0.25, -0.2) is 8.37 Å². The molecular weight excluding hydrogens is 232 g/mol. The van der Waals surface area contributed by atoms with E-state index in [-0.39, 0.29) is 17.1 Å². The summed E-state index contributed by atoms with van der Waals surface area (Å²) in [6.45, 7) is 5.84. The lowest BCUT2D eigenvalue weighted by atomic mass is 9.70. The first-order valence-corrected chi connectivity index (χ1v) is 6.70. The standard InChI is InChI=1S/C10H14O5S/c1-8(2)6-4-5-9(8,3)7(11)10(6)14-16(12,13)15-10/h6H,4-5H2,1-3H3. The van der Waals surface area contributed by atoms with Gasteiger partial charge in [-0.1, -0.05) is 20.8 Å². The van der Waals surface area contributed by atoms with Crippen molar-refractivity contribution in [3.8, 4) is 0 Å². The lowest BCUT2D eigenvalue weighted by molar-refractivity contribution is -0.217. The summed E-state index contributed by atoms with van der Waals surface area (Å²) in [6.07, 6.45) is 1.54. The van der Waals surface area contributed by atoms with Crippen LogP contribution < -0.4 is 0 Å². The predicted octanol–water partition coefficient (Wildman–Crippen LogP) is 1.000. The van der Waals surface area contributed by atoms with Crippen molar-refractivity contribution in [2.24, 2.45) is 16.7 Å². The van der Waals surface area contributed by atoms with Gasteiger partial charge in [0.05, 0.1) is 0 Å². The van der Waals surface area contributed by atoms with Gasteiger partial charge in [0.2, 0.25) is 5.78 Å². The molecule has 3 fully saturated rings. The third kappa shape index (κ3) is 0.834. The van der Waals surface area contributed by atoms with Gasteiger partial charge in [-0.3, -0.25) is 4.79 Å². The Morgan fingerprint density at radius 1 is 1.25 bits per heavy atom. The first kappa shape index (κ1) is 10.7. The van der Waals surface area contributed by atoms with Crippen LogP contribution in [0.15, 0.2) is 0 Å². The van der Waals surface area contributed by atoms with Gasteiger partial charge in [-0.05, 0) is 18.3 Å². The molecule has 2 unspecified atom stereocenters. The second-order valence-electron chi connectivity index (χ2n) is 5.72. The van der Waals surface area contributed by atoms with E-state index in [9.17, 15) is 13.2 Å². The molecule has 0 aromatic heterocycles. The molecule has 0 aromatic carbocycles. The molecule has 1 saturated heterocycles. The Morgan fingerprint density at radius 3 is 2.19 bits per heavy atom. The molecule has 0 amide bonds. The quantitative estimate of drug-likeness (QED) is 0.637. The fourth-order valence-electron chi connectivity index (χ4n) is 3.62. The highest BCUT2D eigenvalue weighted by Crippen LogP contribution is 2.70. The van der Waals surface area contributed by atoms with E-state index in [0.717, 1.165) is 12.8 Å². The fourth-order valence-corrected chi connectivity index (χ4v) is 4.62. The van der Waals surface area contributed by atoms with Crippen LogP contribution in [0.5, 0.6) is 0 Å². The zero-order valence-corrected chi connectivity index (χ0v) is 10.3. The highest BCUT2D eigenvalue weighted by atomic mass is 32.3. The van der Waals surface area contributed by atoms with Crippen molar-refractivity contribution < 1.29 is 21.6 Å². The Hall–Kier alpha value is -0.460. The number of hydrogen-bond donors (Lipinski definition) is 0. The molecule has 2 atom stereocenters. The van der Waals surface area contributed by atoms with E-state index in [0.29, 0.717) is 0 Å². The molecule has 0 N–H and O–H groups in total. The monoisotopic (exact) mass is 246 g/mol. The van der Waals surface area contributed by atoms with E-state index in [1.807, 2.05) is 20.8 Å². The molecule has 1 spiro atoms. The first-order chi connectivity index (χ1) is 7.16. The van der Waals surface area contributed by atoms with E-state index >= 15 is 0 Å². The van der Waals surface area contributed by atoms with Crippen LogP contribution >= 0.6 is 0 Å². The summed E-state index contributed by atoms with van der Waals surface area (Å²) in [6, 6.07) is 0. The first-order valence-electron chi connectivity index (χ1n) is 5.37. The van der Waals surface area contributed by atoms with Crippen molar-refractivity contribution in [3.05, 3.63) is 0 Å². The van der Waals surface area contributed by atoms with Gasteiger partial charge in [0.15, 0.2) is 0 Å². The minimum absolute atomic E-state index is 0.166. The number of rotatable bonds is 0. The van der Waals surface area contributed by atoms with Crippen LogP contribution in [0.4, 0.5) is 0 Å². The SMILES string of the molecule is CC12CCC(C3(OS(=O)(=O)O3)C1=O)C2(C)C. The zero-order valence-electron chi connectivity index (χ0n) is 9.44. The van der Waals surface area contributed by atoms with Gasteiger partial charge >= 0.3 is 10.4 Å². The second-order valence-corrected chi connectivity index (χ2v) is 6.87. The van der Waals surface area contributed by atoms with E-state index in [1.165, 1.54) is 0 Å². The van der Waals surface area contributed by atoms with Crippen LogP contribution in [-0.2, 0) is 23.6 Å². The second kappa shape index (κ2) is 2.37. The van der Waals surface area contributed by atoms with Crippen molar-refractivity contribution in [1.82, 2.24) is 0 Å². The summed E-state index contributed by atoms with van der Waals surface area (Å²) in [5, 5.41) is 0. The molecule has 3 rings (SSSR count). The van der Waals surface area contributed by atoms with Crippen molar-refractivity contribution in [2.45, 2.75) is 39.4 Å². The molecular formula is C10H14O5S. The van der Waals surface area contributed by atoms with Crippen molar-refractivity contribution in [3.63, 3.8) is 0 Å². The van der Waals surface area contributed by atoms with Crippen LogP contribution in [0.3, 0.4) is 0 Å². The molecule has 0 radical (unpaired) electrons. The Morgan fingerprint density at radius 2 is 1.81 bits per heavy atom. The van der Waals surface area contributed by atoms with E-state index in [4.69, 9.17) is 8.37 Å². The van der Waals surface area contributed by atoms with E-state index < -0.39 is 21.6 Å². The summed E-state index contributed by atoms with van der Waals surface area (Å²) in [5.41, 5.74) is -0.812. The topological polar surface area (TPSA) is 69.7 Å². The fraction of sp³-hybridized carbons (Fsp3) is 0.900. The van der Waals surface area contributed by atoms with E-state index in [1.54, 1.807) is 0 Å². The van der Waals surface area contributed by atoms with Gasteiger partial charge in [0.25, 0.3) is 5.79 Å². The van der Waals surface area contributed by atoms with Gasteiger partial charge < -0.3 is 0 Å². The Bertz CT molecular complexity index is 479. The van der Waals surface area contributed by atoms with Gasteiger partial charge in [-0.15, -0.1) is 0 Å². The maximum Gasteiger partial charge on any atom is 0.406 e. The summed E-state index contributed by atoms with van der Waals surface area (Å²) >= 11 is 0. The summed E-state index contributed by atoms with van der Waals surface area (Å²) in [7, 11) is -3.93. The largest absolute Gasteiger partial charge is 0.406 e. The van der Waals surface area contributed by atoms with Crippen molar-refractivity contribution >= 4 is 16.2 Å². The van der Waals surface area contributed by atoms with Gasteiger partial charge in [0, 0.05) is 11.3 Å². The number of fused-ring (bicyclic) bond motifs is 3. The maximum absolute atomic E-state index is 12.3.